The molecule has 2 fully saturated rings. The standard InChI is InChI=1S/C13H19N5O3/c1-9(19)17-5-7-18(8-6-17)13(20)11-15-12(21-16-11)10-3-2-4-14-10/h10,14H,2-8H2,1H3. The molecular weight excluding hydrogens is 274 g/mol. The molecule has 0 bridgehead atoms. The molecule has 114 valence electrons. The van der Waals surface area contributed by atoms with Crippen LogP contribution in [0.25, 0.3) is 0 Å². The van der Waals surface area contributed by atoms with E-state index in [1.165, 1.54) is 6.92 Å². The summed E-state index contributed by atoms with van der Waals surface area (Å²) in [5, 5.41) is 7.05. The third-order valence-corrected chi connectivity index (χ3v) is 4.00. The van der Waals surface area contributed by atoms with Gasteiger partial charge in [-0.15, -0.1) is 0 Å². The molecule has 0 aliphatic carbocycles. The van der Waals surface area contributed by atoms with Crippen molar-refractivity contribution in [3.8, 4) is 0 Å². The Morgan fingerprint density at radius 1 is 1.24 bits per heavy atom. The summed E-state index contributed by atoms with van der Waals surface area (Å²) in [5.74, 6) is 0.399. The van der Waals surface area contributed by atoms with Crippen molar-refractivity contribution in [3.63, 3.8) is 0 Å². The van der Waals surface area contributed by atoms with Crippen LogP contribution in [0.3, 0.4) is 0 Å². The quantitative estimate of drug-likeness (QED) is 0.812. The van der Waals surface area contributed by atoms with Crippen LogP contribution < -0.4 is 5.32 Å². The highest BCUT2D eigenvalue weighted by atomic mass is 16.5. The van der Waals surface area contributed by atoms with E-state index in [9.17, 15) is 9.59 Å². The number of hydrogen-bond acceptors (Lipinski definition) is 6. The number of amides is 2. The number of hydrogen-bond donors (Lipinski definition) is 1. The molecule has 1 N–H and O–H groups in total. The first-order chi connectivity index (χ1) is 10.1. The van der Waals surface area contributed by atoms with E-state index in [2.05, 4.69) is 15.5 Å². The van der Waals surface area contributed by atoms with E-state index in [1.54, 1.807) is 9.80 Å². The topological polar surface area (TPSA) is 91.6 Å². The van der Waals surface area contributed by atoms with E-state index in [4.69, 9.17) is 4.52 Å². The van der Waals surface area contributed by atoms with Crippen molar-refractivity contribution in [2.45, 2.75) is 25.8 Å². The fourth-order valence-electron chi connectivity index (χ4n) is 2.72. The van der Waals surface area contributed by atoms with Crippen LogP contribution in [0.2, 0.25) is 0 Å². The predicted octanol–water partition coefficient (Wildman–Crippen LogP) is -0.202. The van der Waals surface area contributed by atoms with Gasteiger partial charge in [-0.3, -0.25) is 9.59 Å². The lowest BCUT2D eigenvalue weighted by Gasteiger charge is -2.33. The first-order valence-electron chi connectivity index (χ1n) is 7.27. The molecule has 8 nitrogen and oxygen atoms in total. The first-order valence-corrected chi connectivity index (χ1v) is 7.27. The minimum atomic E-state index is -0.230. The maximum Gasteiger partial charge on any atom is 0.295 e. The van der Waals surface area contributed by atoms with Gasteiger partial charge in [0.1, 0.15) is 0 Å². The number of aromatic nitrogens is 2. The molecule has 1 aromatic rings. The number of rotatable bonds is 2. The highest BCUT2D eigenvalue weighted by Gasteiger charge is 2.28. The van der Waals surface area contributed by atoms with Crippen molar-refractivity contribution in [1.29, 1.82) is 0 Å². The van der Waals surface area contributed by atoms with Crippen molar-refractivity contribution in [2.24, 2.45) is 0 Å². The zero-order valence-corrected chi connectivity index (χ0v) is 12.0. The minimum Gasteiger partial charge on any atom is -0.339 e. The van der Waals surface area contributed by atoms with E-state index in [1.807, 2.05) is 0 Å². The van der Waals surface area contributed by atoms with Gasteiger partial charge in [-0.2, -0.15) is 4.98 Å². The van der Waals surface area contributed by atoms with Crippen LogP contribution in [0.15, 0.2) is 4.52 Å². The lowest BCUT2D eigenvalue weighted by atomic mass is 10.2. The third-order valence-electron chi connectivity index (χ3n) is 4.00. The lowest BCUT2D eigenvalue weighted by molar-refractivity contribution is -0.130. The Kier molecular flexibility index (Phi) is 3.87. The predicted molar refractivity (Wildman–Crippen MR) is 72.4 cm³/mol. The SMILES string of the molecule is CC(=O)N1CCN(C(=O)c2noc(C3CCCN3)n2)CC1. The Morgan fingerprint density at radius 3 is 2.57 bits per heavy atom. The first kappa shape index (κ1) is 14.0. The van der Waals surface area contributed by atoms with E-state index in [0.29, 0.717) is 32.1 Å². The van der Waals surface area contributed by atoms with Gasteiger partial charge >= 0.3 is 0 Å². The van der Waals surface area contributed by atoms with Crippen molar-refractivity contribution < 1.29 is 14.1 Å². The van der Waals surface area contributed by atoms with Gasteiger partial charge in [0.2, 0.25) is 11.8 Å². The lowest BCUT2D eigenvalue weighted by Crippen LogP contribution is -2.50. The normalized spacial score (nSPS) is 22.6. The summed E-state index contributed by atoms with van der Waals surface area (Å²) >= 11 is 0. The van der Waals surface area contributed by atoms with Gasteiger partial charge < -0.3 is 19.6 Å². The average Bonchev–Trinajstić information content (AvgIpc) is 3.17. The zero-order chi connectivity index (χ0) is 14.8. The van der Waals surface area contributed by atoms with Crippen molar-refractivity contribution >= 4 is 11.8 Å². The molecule has 2 aliphatic rings. The van der Waals surface area contributed by atoms with Crippen LogP contribution in [-0.2, 0) is 4.79 Å². The Morgan fingerprint density at radius 2 is 1.95 bits per heavy atom. The number of carbonyl (C=O) groups is 2. The molecular formula is C13H19N5O3. The maximum absolute atomic E-state index is 12.3. The Bertz CT molecular complexity index is 530. The van der Waals surface area contributed by atoms with Crippen molar-refractivity contribution in [3.05, 3.63) is 11.7 Å². The van der Waals surface area contributed by atoms with Crippen LogP contribution in [0.5, 0.6) is 0 Å². The third kappa shape index (κ3) is 2.90. The minimum absolute atomic E-state index is 0.0382. The van der Waals surface area contributed by atoms with Crippen LogP contribution in [0.1, 0.15) is 42.3 Å². The molecule has 21 heavy (non-hydrogen) atoms. The average molecular weight is 293 g/mol. The second-order valence-electron chi connectivity index (χ2n) is 5.40. The second-order valence-corrected chi connectivity index (χ2v) is 5.40. The maximum atomic E-state index is 12.3. The largest absolute Gasteiger partial charge is 0.339 e. The van der Waals surface area contributed by atoms with E-state index in [0.717, 1.165) is 19.4 Å². The van der Waals surface area contributed by atoms with E-state index in [-0.39, 0.29) is 23.7 Å². The molecule has 2 amide bonds. The van der Waals surface area contributed by atoms with Crippen LogP contribution in [-0.4, -0.2) is 64.5 Å². The number of nitrogens with one attached hydrogen (secondary N) is 1. The molecule has 1 atom stereocenters. The zero-order valence-electron chi connectivity index (χ0n) is 12.0. The van der Waals surface area contributed by atoms with Gasteiger partial charge in [0.15, 0.2) is 0 Å². The molecule has 0 aromatic carbocycles. The Labute approximate surface area is 122 Å². The molecule has 1 unspecified atom stereocenters. The van der Waals surface area contributed by atoms with Crippen LogP contribution in [0.4, 0.5) is 0 Å². The van der Waals surface area contributed by atoms with E-state index >= 15 is 0 Å². The fraction of sp³-hybridized carbons (Fsp3) is 0.692. The Hall–Kier alpha value is -1.96. The number of piperazine rings is 1. The van der Waals surface area contributed by atoms with E-state index < -0.39 is 0 Å². The van der Waals surface area contributed by atoms with Gasteiger partial charge in [-0.1, -0.05) is 5.16 Å². The molecule has 0 radical (unpaired) electrons. The highest BCUT2D eigenvalue weighted by Crippen LogP contribution is 2.21. The van der Waals surface area contributed by atoms with Gasteiger partial charge in [0.25, 0.3) is 11.7 Å². The second kappa shape index (κ2) is 5.80. The summed E-state index contributed by atoms with van der Waals surface area (Å²) in [5.41, 5.74) is 0. The summed E-state index contributed by atoms with van der Waals surface area (Å²) in [6.45, 7) is 4.58. The Balaban J connectivity index is 1.62. The van der Waals surface area contributed by atoms with Gasteiger partial charge in [-0.25, -0.2) is 0 Å². The monoisotopic (exact) mass is 293 g/mol. The summed E-state index contributed by atoms with van der Waals surface area (Å²) in [7, 11) is 0. The van der Waals surface area contributed by atoms with Gasteiger partial charge in [-0.05, 0) is 19.4 Å². The highest BCUT2D eigenvalue weighted by molar-refractivity contribution is 5.90. The molecule has 2 aliphatic heterocycles. The summed E-state index contributed by atoms with van der Waals surface area (Å²) in [6.07, 6.45) is 2.02. The molecule has 2 saturated heterocycles. The summed E-state index contributed by atoms with van der Waals surface area (Å²) in [6, 6.07) is 0.0635. The van der Waals surface area contributed by atoms with Gasteiger partial charge in [0, 0.05) is 33.1 Å². The molecule has 8 heteroatoms. The summed E-state index contributed by atoms with van der Waals surface area (Å²) < 4.78 is 5.18. The molecule has 0 saturated carbocycles. The van der Waals surface area contributed by atoms with Crippen LogP contribution in [0, 0.1) is 0 Å². The number of carbonyl (C=O) groups excluding carboxylic acids is 2. The smallest absolute Gasteiger partial charge is 0.295 e. The molecule has 1 aromatic heterocycles. The van der Waals surface area contributed by atoms with Crippen molar-refractivity contribution in [2.75, 3.05) is 32.7 Å². The summed E-state index contributed by atoms with van der Waals surface area (Å²) in [4.78, 5) is 31.2. The number of nitrogens with zero attached hydrogens (tertiary/aromatic N) is 4. The molecule has 3 heterocycles. The van der Waals surface area contributed by atoms with Gasteiger partial charge in [0.05, 0.1) is 6.04 Å². The molecule has 3 rings (SSSR count). The fourth-order valence-corrected chi connectivity index (χ4v) is 2.72. The van der Waals surface area contributed by atoms with Crippen LogP contribution >= 0.6 is 0 Å². The van der Waals surface area contributed by atoms with Crippen molar-refractivity contribution in [1.82, 2.24) is 25.3 Å². The molecule has 0 spiro atoms.